The summed E-state index contributed by atoms with van der Waals surface area (Å²) in [5, 5.41) is 1.83. The Bertz CT molecular complexity index is 911. The molecule has 0 fully saturated rings. The summed E-state index contributed by atoms with van der Waals surface area (Å²) >= 11 is 0. The van der Waals surface area contributed by atoms with E-state index in [1.54, 1.807) is 6.08 Å². The second kappa shape index (κ2) is 5.41. The van der Waals surface area contributed by atoms with Crippen LogP contribution in [0.15, 0.2) is 59.0 Å². The molecule has 0 spiro atoms. The summed E-state index contributed by atoms with van der Waals surface area (Å²) < 4.78 is 5.88. The number of carbonyl (C=O) groups excluding carboxylic acids is 1. The Morgan fingerprint density at radius 1 is 0.952 bits per heavy atom. The number of hydrogen-bond acceptors (Lipinski definition) is 2. The van der Waals surface area contributed by atoms with Gasteiger partial charge in [-0.25, -0.2) is 0 Å². The van der Waals surface area contributed by atoms with Crippen LogP contribution in [0.5, 0.6) is 0 Å². The van der Waals surface area contributed by atoms with E-state index >= 15 is 0 Å². The van der Waals surface area contributed by atoms with Gasteiger partial charge in [0.2, 0.25) is 0 Å². The van der Waals surface area contributed by atoms with Gasteiger partial charge in [0.1, 0.15) is 11.0 Å². The van der Waals surface area contributed by atoms with Crippen molar-refractivity contribution in [1.29, 1.82) is 0 Å². The minimum absolute atomic E-state index is 0.00958. The fourth-order valence-corrected chi connectivity index (χ4v) is 2.40. The number of Topliss-reactive ketones (excluding diaryl/α,β-unsaturated/α-hetero) is 1. The van der Waals surface area contributed by atoms with Gasteiger partial charge in [-0.15, -0.1) is 0 Å². The number of para-hydroxylation sites is 1. The van der Waals surface area contributed by atoms with Crippen LogP contribution in [0, 0.1) is 0 Å². The van der Waals surface area contributed by atoms with E-state index in [1.165, 1.54) is 0 Å². The number of hydrogen-bond donors (Lipinski definition) is 0. The van der Waals surface area contributed by atoms with E-state index < -0.39 is 0 Å². The van der Waals surface area contributed by atoms with E-state index in [2.05, 4.69) is 0 Å². The van der Waals surface area contributed by atoms with Gasteiger partial charge in [0, 0.05) is 16.2 Å². The highest BCUT2D eigenvalue weighted by Gasteiger charge is 2.07. The molecular weight excluding hydrogens is 260 g/mol. The normalized spacial score (nSPS) is 11.8. The van der Waals surface area contributed by atoms with E-state index in [-0.39, 0.29) is 5.78 Å². The molecule has 0 radical (unpaired) electrons. The fourth-order valence-electron chi connectivity index (χ4n) is 2.40. The molecule has 2 heteroatoms. The molecule has 0 saturated heterocycles. The maximum atomic E-state index is 12.4. The zero-order valence-corrected chi connectivity index (χ0v) is 12.1. The Labute approximate surface area is 123 Å². The maximum absolute atomic E-state index is 12.4. The zero-order chi connectivity index (χ0) is 14.8. The van der Waals surface area contributed by atoms with Gasteiger partial charge in [0.05, 0.1) is 0 Å². The number of rotatable bonds is 2. The third kappa shape index (κ3) is 2.52. The molecule has 1 heterocycles. The average Bonchev–Trinajstić information content (AvgIpc) is 2.87. The van der Waals surface area contributed by atoms with Crippen LogP contribution in [0.1, 0.15) is 24.2 Å². The first-order valence-electron chi connectivity index (χ1n) is 6.93. The fraction of sp³-hybridized carbons (Fsp3) is 0.105. The third-order valence-electron chi connectivity index (χ3n) is 3.42. The third-order valence-corrected chi connectivity index (χ3v) is 3.42. The molecule has 3 aromatic rings. The van der Waals surface area contributed by atoms with Gasteiger partial charge in [-0.3, -0.25) is 4.79 Å². The molecule has 2 aromatic carbocycles. The van der Waals surface area contributed by atoms with Crippen LogP contribution in [0.25, 0.3) is 22.6 Å². The Kier molecular flexibility index (Phi) is 3.44. The lowest BCUT2D eigenvalue weighted by Gasteiger charge is -1.93. The number of benzene rings is 2. The van der Waals surface area contributed by atoms with Crippen LogP contribution in [-0.4, -0.2) is 5.78 Å². The lowest BCUT2D eigenvalue weighted by atomic mass is 10.1. The predicted octanol–water partition coefficient (Wildman–Crippen LogP) is 3.29. The van der Waals surface area contributed by atoms with Gasteiger partial charge in [-0.05, 0) is 31.6 Å². The minimum atomic E-state index is -0.00958. The SMILES string of the molecule is CC(C)=c1oc2ccccc2/c1=C/C(=O)c1ccccc1. The van der Waals surface area contributed by atoms with Crippen molar-refractivity contribution in [3.8, 4) is 0 Å². The van der Waals surface area contributed by atoms with Crippen molar-refractivity contribution in [3.05, 3.63) is 70.8 Å². The van der Waals surface area contributed by atoms with E-state index in [1.807, 2.05) is 68.4 Å². The van der Waals surface area contributed by atoms with Crippen LogP contribution in [0.3, 0.4) is 0 Å². The van der Waals surface area contributed by atoms with Crippen molar-refractivity contribution >= 4 is 28.4 Å². The Hall–Kier alpha value is -2.61. The second-order valence-electron chi connectivity index (χ2n) is 5.22. The van der Waals surface area contributed by atoms with Crippen molar-refractivity contribution in [2.45, 2.75) is 13.8 Å². The van der Waals surface area contributed by atoms with Gasteiger partial charge in [0.25, 0.3) is 0 Å². The van der Waals surface area contributed by atoms with Crippen LogP contribution in [0.2, 0.25) is 0 Å². The zero-order valence-electron chi connectivity index (χ0n) is 12.1. The Morgan fingerprint density at radius 3 is 2.33 bits per heavy atom. The molecule has 0 bridgehead atoms. The number of furan rings is 1. The molecule has 0 aliphatic carbocycles. The molecule has 1 aromatic heterocycles. The van der Waals surface area contributed by atoms with E-state index in [4.69, 9.17) is 4.42 Å². The maximum Gasteiger partial charge on any atom is 0.186 e. The number of carbonyl (C=O) groups is 1. The summed E-state index contributed by atoms with van der Waals surface area (Å²) in [6.07, 6.45) is 1.67. The highest BCUT2D eigenvalue weighted by Crippen LogP contribution is 2.08. The number of fused-ring (bicyclic) bond motifs is 1. The predicted molar refractivity (Wildman–Crippen MR) is 85.5 cm³/mol. The molecule has 0 unspecified atom stereocenters. The van der Waals surface area contributed by atoms with Gasteiger partial charge < -0.3 is 4.42 Å². The molecular formula is C19H16O2. The first kappa shape index (κ1) is 13.4. The highest BCUT2D eigenvalue weighted by molar-refractivity contribution is 6.18. The van der Waals surface area contributed by atoms with Gasteiger partial charge in [0.15, 0.2) is 5.78 Å². The van der Waals surface area contributed by atoms with E-state index in [0.717, 1.165) is 27.2 Å². The van der Waals surface area contributed by atoms with Crippen LogP contribution >= 0.6 is 0 Å². The lowest BCUT2D eigenvalue weighted by molar-refractivity contribution is 0.106. The Balaban J connectivity index is 2.29. The van der Waals surface area contributed by atoms with Gasteiger partial charge >= 0.3 is 0 Å². The van der Waals surface area contributed by atoms with Gasteiger partial charge in [-0.1, -0.05) is 48.5 Å². The van der Waals surface area contributed by atoms with Gasteiger partial charge in [-0.2, -0.15) is 0 Å². The van der Waals surface area contributed by atoms with Crippen LogP contribution in [-0.2, 0) is 0 Å². The molecule has 0 amide bonds. The van der Waals surface area contributed by atoms with E-state index in [0.29, 0.717) is 5.56 Å². The highest BCUT2D eigenvalue weighted by atomic mass is 16.3. The first-order chi connectivity index (χ1) is 10.2. The molecule has 0 N–H and O–H groups in total. The summed E-state index contributed by atoms with van der Waals surface area (Å²) in [4.78, 5) is 12.4. The van der Waals surface area contributed by atoms with Crippen molar-refractivity contribution < 1.29 is 9.21 Å². The quantitative estimate of drug-likeness (QED) is 0.672. The molecule has 0 atom stereocenters. The smallest absolute Gasteiger partial charge is 0.186 e. The summed E-state index contributed by atoms with van der Waals surface area (Å²) in [5.74, 6) is -0.00958. The van der Waals surface area contributed by atoms with E-state index in [9.17, 15) is 4.79 Å². The first-order valence-corrected chi connectivity index (χ1v) is 6.93. The van der Waals surface area contributed by atoms with Crippen molar-refractivity contribution in [1.82, 2.24) is 0 Å². The topological polar surface area (TPSA) is 30.2 Å². The van der Waals surface area contributed by atoms with Crippen molar-refractivity contribution in [2.24, 2.45) is 0 Å². The summed E-state index contributed by atoms with van der Waals surface area (Å²) in [6, 6.07) is 17.1. The second-order valence-corrected chi connectivity index (χ2v) is 5.22. The molecule has 0 aliphatic rings. The monoisotopic (exact) mass is 276 g/mol. The van der Waals surface area contributed by atoms with Crippen LogP contribution < -0.4 is 10.6 Å². The largest absolute Gasteiger partial charge is 0.456 e. The molecule has 3 rings (SSSR count). The molecule has 2 nitrogen and oxygen atoms in total. The van der Waals surface area contributed by atoms with Crippen LogP contribution in [0.4, 0.5) is 0 Å². The molecule has 0 saturated carbocycles. The Morgan fingerprint density at radius 2 is 1.62 bits per heavy atom. The summed E-state index contributed by atoms with van der Waals surface area (Å²) in [5.41, 5.74) is 3.32. The lowest BCUT2D eigenvalue weighted by Crippen LogP contribution is -2.23. The standard InChI is InChI=1S/C19H16O2/c1-13(2)19-16(15-10-6-7-11-18(15)21-19)12-17(20)14-8-4-3-5-9-14/h3-12H,1-2H3/b16-12-. The molecule has 104 valence electrons. The summed E-state index contributed by atoms with van der Waals surface area (Å²) in [7, 11) is 0. The number of ketones is 1. The molecule has 21 heavy (non-hydrogen) atoms. The molecule has 0 aliphatic heterocycles. The van der Waals surface area contributed by atoms with Crippen molar-refractivity contribution in [3.63, 3.8) is 0 Å². The minimum Gasteiger partial charge on any atom is -0.456 e. The average molecular weight is 276 g/mol. The van der Waals surface area contributed by atoms with Crippen molar-refractivity contribution in [2.75, 3.05) is 0 Å². The summed E-state index contributed by atoms with van der Waals surface area (Å²) in [6.45, 7) is 3.98.